The smallest absolute Gasteiger partial charge is 0.304 e. The summed E-state index contributed by atoms with van der Waals surface area (Å²) in [7, 11) is 1.89. The third-order valence-corrected chi connectivity index (χ3v) is 8.93. The molecule has 3 aliphatic rings. The van der Waals surface area contributed by atoms with E-state index >= 15 is 0 Å². The van der Waals surface area contributed by atoms with Gasteiger partial charge in [0.2, 0.25) is 5.76 Å². The van der Waals surface area contributed by atoms with Crippen LogP contribution in [-0.2, 0) is 18.4 Å². The van der Waals surface area contributed by atoms with Crippen LogP contribution in [0.5, 0.6) is 0 Å². The molecule has 0 unspecified atom stereocenters. The Balaban J connectivity index is 0.972. The molecule has 36 heavy (non-hydrogen) atoms. The minimum atomic E-state index is -2.99. The fourth-order valence-electron chi connectivity index (χ4n) is 6.74. The topological polar surface area (TPSA) is 64.2 Å². The van der Waals surface area contributed by atoms with Crippen LogP contribution in [0, 0.1) is 17.8 Å². The van der Waals surface area contributed by atoms with Gasteiger partial charge in [-0.15, -0.1) is 0 Å². The lowest BCUT2D eigenvalue weighted by atomic mass is 9.78. The third-order valence-electron chi connectivity index (χ3n) is 8.93. The minimum absolute atomic E-state index is 0.0812. The summed E-state index contributed by atoms with van der Waals surface area (Å²) in [6.07, 6.45) is 9.31. The zero-order valence-electron chi connectivity index (χ0n) is 21.1. The average molecular weight is 497 g/mol. The van der Waals surface area contributed by atoms with E-state index < -0.39 is 5.92 Å². The summed E-state index contributed by atoms with van der Waals surface area (Å²) >= 11 is 0. The van der Waals surface area contributed by atoms with E-state index in [4.69, 9.17) is 4.52 Å². The predicted molar refractivity (Wildman–Crippen MR) is 132 cm³/mol. The van der Waals surface area contributed by atoms with Gasteiger partial charge in [0.1, 0.15) is 0 Å². The second-order valence-electron chi connectivity index (χ2n) is 11.6. The summed E-state index contributed by atoms with van der Waals surface area (Å²) in [4.78, 5) is 15.5. The van der Waals surface area contributed by atoms with Gasteiger partial charge in [0.15, 0.2) is 5.78 Å². The highest BCUT2D eigenvalue weighted by Crippen LogP contribution is 2.59. The van der Waals surface area contributed by atoms with Crippen molar-refractivity contribution in [1.82, 2.24) is 19.8 Å². The maximum Gasteiger partial charge on any atom is 0.304 e. The van der Waals surface area contributed by atoms with Crippen molar-refractivity contribution in [2.75, 3.05) is 19.6 Å². The standard InChI is InChI=1S/C28H34F2N4O2/c1-27(29,30)26-13-25(32-36-26)28-14-20(28)15-34(17-28)11-10-18-6-8-19(9-7-18)12-24(35)21-4-3-5-23-22(21)16-33(2)31-23/h3-5,13,16,18-20H,6-12,14-15,17H2,1-2H3/t18?,19?,20-,28-/m0/s1. The number of alkyl halides is 2. The summed E-state index contributed by atoms with van der Waals surface area (Å²) < 4.78 is 33.9. The summed E-state index contributed by atoms with van der Waals surface area (Å²) in [5.74, 6) is -1.42. The highest BCUT2D eigenvalue weighted by atomic mass is 19.3. The maximum absolute atomic E-state index is 13.6. The van der Waals surface area contributed by atoms with E-state index in [1.807, 2.05) is 31.4 Å². The number of aryl methyl sites for hydroxylation is 1. The first-order valence-corrected chi connectivity index (χ1v) is 13.2. The summed E-state index contributed by atoms with van der Waals surface area (Å²) in [6.45, 7) is 3.81. The number of fused-ring (bicyclic) bond motifs is 2. The highest BCUT2D eigenvalue weighted by Gasteiger charge is 2.62. The second kappa shape index (κ2) is 8.75. The number of nitrogens with zero attached hydrogens (tertiary/aromatic N) is 4. The zero-order chi connectivity index (χ0) is 25.1. The van der Waals surface area contributed by atoms with Crippen molar-refractivity contribution in [1.29, 1.82) is 0 Å². The molecule has 1 saturated heterocycles. The molecule has 0 amide bonds. The summed E-state index contributed by atoms with van der Waals surface area (Å²) in [5.41, 5.74) is 2.30. The SMILES string of the molecule is Cn1cc2c(C(=O)CC3CCC(CCN4C[C@@H]5C[C@]5(c5cc(C(C)(F)F)on5)C4)CC3)cccc2n1. The van der Waals surface area contributed by atoms with Crippen molar-refractivity contribution in [2.45, 2.75) is 63.2 Å². The van der Waals surface area contributed by atoms with Gasteiger partial charge >= 0.3 is 5.92 Å². The van der Waals surface area contributed by atoms with Crippen molar-refractivity contribution in [3.8, 4) is 0 Å². The number of likely N-dealkylation sites (tertiary alicyclic amines) is 1. The number of benzene rings is 1. The number of hydrogen-bond donors (Lipinski definition) is 0. The third kappa shape index (κ3) is 4.38. The van der Waals surface area contributed by atoms with E-state index in [0.717, 1.165) is 68.7 Å². The molecule has 1 aliphatic heterocycles. The molecule has 2 aromatic heterocycles. The average Bonchev–Trinajstić information content (AvgIpc) is 3.24. The molecule has 3 heterocycles. The molecule has 0 radical (unpaired) electrons. The Morgan fingerprint density at radius 1 is 1.22 bits per heavy atom. The molecule has 1 aromatic carbocycles. The molecule has 6 nitrogen and oxygen atoms in total. The predicted octanol–water partition coefficient (Wildman–Crippen LogP) is 5.72. The van der Waals surface area contributed by atoms with Gasteiger partial charge in [-0.3, -0.25) is 9.48 Å². The molecule has 2 atom stereocenters. The first kappa shape index (κ1) is 23.8. The minimum Gasteiger partial charge on any atom is -0.355 e. The summed E-state index contributed by atoms with van der Waals surface area (Å²) in [5, 5.41) is 9.40. The molecule has 8 heteroatoms. The molecule has 0 N–H and O–H groups in total. The Bertz CT molecular complexity index is 1270. The van der Waals surface area contributed by atoms with E-state index in [1.165, 1.54) is 18.9 Å². The van der Waals surface area contributed by atoms with E-state index in [0.29, 0.717) is 29.9 Å². The normalized spacial score (nSPS) is 28.5. The number of carbonyl (C=O) groups is 1. The van der Waals surface area contributed by atoms with E-state index in [2.05, 4.69) is 15.2 Å². The van der Waals surface area contributed by atoms with Crippen LogP contribution in [0.25, 0.3) is 10.9 Å². The van der Waals surface area contributed by atoms with Crippen molar-refractivity contribution in [3.05, 3.63) is 47.5 Å². The highest BCUT2D eigenvalue weighted by molar-refractivity contribution is 6.07. The van der Waals surface area contributed by atoms with E-state index in [-0.39, 0.29) is 17.0 Å². The van der Waals surface area contributed by atoms with Crippen molar-refractivity contribution in [3.63, 3.8) is 0 Å². The molecule has 0 bridgehead atoms. The van der Waals surface area contributed by atoms with Crippen LogP contribution >= 0.6 is 0 Å². The van der Waals surface area contributed by atoms with Gasteiger partial charge in [-0.25, -0.2) is 0 Å². The number of rotatable bonds is 8. The van der Waals surface area contributed by atoms with Gasteiger partial charge in [0.05, 0.1) is 11.2 Å². The van der Waals surface area contributed by atoms with Gasteiger partial charge in [0, 0.05) is 62.1 Å². The number of hydrogen-bond acceptors (Lipinski definition) is 5. The first-order valence-electron chi connectivity index (χ1n) is 13.2. The number of piperidine rings is 1. The second-order valence-corrected chi connectivity index (χ2v) is 11.6. The van der Waals surface area contributed by atoms with E-state index in [1.54, 1.807) is 4.68 Å². The quantitative estimate of drug-likeness (QED) is 0.374. The van der Waals surface area contributed by atoms with Crippen LogP contribution in [0.1, 0.15) is 73.7 Å². The molecule has 6 rings (SSSR count). The number of carbonyl (C=O) groups excluding carboxylic acids is 1. The monoisotopic (exact) mass is 496 g/mol. The molecule has 2 aliphatic carbocycles. The molecule has 192 valence electrons. The molecular formula is C28H34F2N4O2. The fourth-order valence-corrected chi connectivity index (χ4v) is 6.74. The molecule has 3 aromatic rings. The van der Waals surface area contributed by atoms with Gasteiger partial charge < -0.3 is 9.42 Å². The molecular weight excluding hydrogens is 462 g/mol. The van der Waals surface area contributed by atoms with Crippen LogP contribution in [-0.4, -0.2) is 45.3 Å². The molecule has 3 fully saturated rings. The van der Waals surface area contributed by atoms with Crippen LogP contribution in [0.2, 0.25) is 0 Å². The number of Topliss-reactive ketones (excluding diaryl/α,β-unsaturated/α-hetero) is 1. The maximum atomic E-state index is 13.6. The Hall–Kier alpha value is -2.61. The van der Waals surface area contributed by atoms with Crippen LogP contribution < -0.4 is 0 Å². The lowest BCUT2D eigenvalue weighted by Crippen LogP contribution is -2.29. The van der Waals surface area contributed by atoms with Crippen LogP contribution in [0.3, 0.4) is 0 Å². The largest absolute Gasteiger partial charge is 0.355 e. The summed E-state index contributed by atoms with van der Waals surface area (Å²) in [6, 6.07) is 7.28. The lowest BCUT2D eigenvalue weighted by Gasteiger charge is -2.30. The molecule has 0 spiro atoms. The van der Waals surface area contributed by atoms with Gasteiger partial charge in [-0.2, -0.15) is 13.9 Å². The first-order chi connectivity index (χ1) is 17.2. The van der Waals surface area contributed by atoms with Crippen molar-refractivity contribution in [2.24, 2.45) is 24.8 Å². The van der Waals surface area contributed by atoms with Crippen LogP contribution in [0.4, 0.5) is 8.78 Å². The van der Waals surface area contributed by atoms with Crippen molar-refractivity contribution >= 4 is 16.7 Å². The van der Waals surface area contributed by atoms with Crippen molar-refractivity contribution < 1.29 is 18.1 Å². The van der Waals surface area contributed by atoms with Gasteiger partial charge in [-0.1, -0.05) is 30.1 Å². The Labute approximate surface area is 210 Å². The zero-order valence-corrected chi connectivity index (χ0v) is 21.1. The van der Waals surface area contributed by atoms with Crippen LogP contribution in [0.15, 0.2) is 35.0 Å². The van der Waals surface area contributed by atoms with Gasteiger partial charge in [0.25, 0.3) is 0 Å². The lowest BCUT2D eigenvalue weighted by molar-refractivity contribution is -0.0105. The Kier molecular flexibility index (Phi) is 5.78. The Morgan fingerprint density at radius 2 is 2.00 bits per heavy atom. The van der Waals surface area contributed by atoms with Gasteiger partial charge in [-0.05, 0) is 56.0 Å². The molecule has 2 saturated carbocycles. The number of aromatic nitrogens is 3. The number of halogens is 2. The number of ketones is 1. The fraction of sp³-hybridized carbons (Fsp3) is 0.607. The Morgan fingerprint density at radius 3 is 2.75 bits per heavy atom. The van der Waals surface area contributed by atoms with E-state index in [9.17, 15) is 13.6 Å².